The number of aliphatic carboxylic acids is 2. The van der Waals surface area contributed by atoms with Crippen LogP contribution in [0.15, 0.2) is 24.3 Å². The number of carbonyl (C=O) groups is 2. The number of carboxylic acid groups (broad SMARTS) is 2. The number of unbranched alkanes of at least 4 members (excludes halogenated alkanes) is 1. The van der Waals surface area contributed by atoms with E-state index in [4.69, 9.17) is 5.11 Å². The molecule has 0 radical (unpaired) electrons. The van der Waals surface area contributed by atoms with Crippen LogP contribution in [-0.4, -0.2) is 22.2 Å². The Morgan fingerprint density at radius 3 is 2.33 bits per heavy atom. The molecule has 0 aliphatic carbocycles. The molecule has 0 aromatic heterocycles. The molecule has 1 atom stereocenters. The summed E-state index contributed by atoms with van der Waals surface area (Å²) in [6.45, 7) is 2.13. The highest BCUT2D eigenvalue weighted by Crippen LogP contribution is 2.20. The Morgan fingerprint density at radius 2 is 1.76 bits per heavy atom. The summed E-state index contributed by atoms with van der Waals surface area (Å²) in [5, 5.41) is 18.0. The largest absolute Gasteiger partial charge is 0.481 e. The Balaban J connectivity index is 2.69. The van der Waals surface area contributed by atoms with Gasteiger partial charge >= 0.3 is 11.9 Å². The van der Waals surface area contributed by atoms with Gasteiger partial charge in [-0.15, -0.1) is 0 Å². The fourth-order valence-corrected chi connectivity index (χ4v) is 2.45. The summed E-state index contributed by atoms with van der Waals surface area (Å²) >= 11 is 0. The molecule has 116 valence electrons. The van der Waals surface area contributed by atoms with Crippen molar-refractivity contribution in [2.45, 2.75) is 51.9 Å². The van der Waals surface area contributed by atoms with E-state index in [0.29, 0.717) is 19.3 Å². The van der Waals surface area contributed by atoms with Crippen molar-refractivity contribution in [3.05, 3.63) is 35.4 Å². The molecule has 2 N–H and O–H groups in total. The SMILES string of the molecule is CCCCc1ccccc1CC(CCCC(=O)O)C(=O)O. The van der Waals surface area contributed by atoms with Crippen molar-refractivity contribution in [3.8, 4) is 0 Å². The minimum atomic E-state index is -0.873. The Labute approximate surface area is 125 Å². The van der Waals surface area contributed by atoms with E-state index in [2.05, 4.69) is 13.0 Å². The van der Waals surface area contributed by atoms with Crippen LogP contribution in [0.4, 0.5) is 0 Å². The lowest BCUT2D eigenvalue weighted by Gasteiger charge is -2.15. The lowest BCUT2D eigenvalue weighted by molar-refractivity contribution is -0.143. The van der Waals surface area contributed by atoms with Crippen LogP contribution in [0.25, 0.3) is 0 Å². The van der Waals surface area contributed by atoms with Gasteiger partial charge in [0, 0.05) is 6.42 Å². The summed E-state index contributed by atoms with van der Waals surface area (Å²) < 4.78 is 0. The van der Waals surface area contributed by atoms with Crippen molar-refractivity contribution in [1.82, 2.24) is 0 Å². The Bertz CT molecular complexity index is 468. The maximum Gasteiger partial charge on any atom is 0.306 e. The minimum Gasteiger partial charge on any atom is -0.481 e. The molecule has 0 aliphatic heterocycles. The van der Waals surface area contributed by atoms with Crippen LogP contribution in [-0.2, 0) is 22.4 Å². The molecular weight excluding hydrogens is 268 g/mol. The number of aryl methyl sites for hydroxylation is 1. The summed E-state index contributed by atoms with van der Waals surface area (Å²) in [7, 11) is 0. The minimum absolute atomic E-state index is 0.0290. The maximum atomic E-state index is 11.4. The van der Waals surface area contributed by atoms with E-state index < -0.39 is 17.9 Å². The Kier molecular flexibility index (Phi) is 7.51. The fourth-order valence-electron chi connectivity index (χ4n) is 2.45. The van der Waals surface area contributed by atoms with Crippen molar-refractivity contribution < 1.29 is 19.8 Å². The average Bonchev–Trinajstić information content (AvgIpc) is 2.44. The van der Waals surface area contributed by atoms with Crippen LogP contribution in [0.1, 0.15) is 50.2 Å². The topological polar surface area (TPSA) is 74.6 Å². The molecule has 0 aliphatic rings. The number of hydrogen-bond donors (Lipinski definition) is 2. The molecule has 4 nitrogen and oxygen atoms in total. The first-order valence-corrected chi connectivity index (χ1v) is 7.56. The number of carboxylic acids is 2. The van der Waals surface area contributed by atoms with Gasteiger partial charge in [-0.2, -0.15) is 0 Å². The summed E-state index contributed by atoms with van der Waals surface area (Å²) in [4.78, 5) is 21.9. The summed E-state index contributed by atoms with van der Waals surface area (Å²) in [6, 6.07) is 7.95. The summed E-state index contributed by atoms with van der Waals surface area (Å²) in [6.07, 6.45) is 4.49. The molecule has 1 rings (SSSR count). The molecule has 0 fully saturated rings. The average molecular weight is 292 g/mol. The van der Waals surface area contributed by atoms with Crippen LogP contribution in [0.5, 0.6) is 0 Å². The van der Waals surface area contributed by atoms with Crippen molar-refractivity contribution in [2.24, 2.45) is 5.92 Å². The van der Waals surface area contributed by atoms with Crippen LogP contribution >= 0.6 is 0 Å². The molecule has 21 heavy (non-hydrogen) atoms. The van der Waals surface area contributed by atoms with E-state index in [1.54, 1.807) is 0 Å². The van der Waals surface area contributed by atoms with Gasteiger partial charge in [0.15, 0.2) is 0 Å². The zero-order valence-electron chi connectivity index (χ0n) is 12.5. The molecule has 0 saturated carbocycles. The Hall–Kier alpha value is -1.84. The van der Waals surface area contributed by atoms with Gasteiger partial charge in [-0.3, -0.25) is 9.59 Å². The number of benzene rings is 1. The maximum absolute atomic E-state index is 11.4. The van der Waals surface area contributed by atoms with Crippen molar-refractivity contribution in [1.29, 1.82) is 0 Å². The first kappa shape index (κ1) is 17.2. The van der Waals surface area contributed by atoms with Gasteiger partial charge in [0.25, 0.3) is 0 Å². The predicted molar refractivity (Wildman–Crippen MR) is 81.4 cm³/mol. The molecular formula is C17H24O4. The fraction of sp³-hybridized carbons (Fsp3) is 0.529. The second kappa shape index (κ2) is 9.16. The van der Waals surface area contributed by atoms with Gasteiger partial charge < -0.3 is 10.2 Å². The molecule has 0 heterocycles. The molecule has 1 unspecified atom stereocenters. The van der Waals surface area contributed by atoms with E-state index in [1.807, 2.05) is 18.2 Å². The van der Waals surface area contributed by atoms with E-state index in [9.17, 15) is 14.7 Å². The highest BCUT2D eigenvalue weighted by molar-refractivity contribution is 5.71. The molecule has 4 heteroatoms. The molecule has 0 saturated heterocycles. The smallest absolute Gasteiger partial charge is 0.306 e. The van der Waals surface area contributed by atoms with Gasteiger partial charge in [0.1, 0.15) is 0 Å². The second-order valence-corrected chi connectivity index (χ2v) is 5.40. The first-order valence-electron chi connectivity index (χ1n) is 7.56. The predicted octanol–water partition coefficient (Wildman–Crippen LogP) is 3.53. The van der Waals surface area contributed by atoms with Crippen LogP contribution in [0.3, 0.4) is 0 Å². The lowest BCUT2D eigenvalue weighted by atomic mass is 9.90. The third-order valence-electron chi connectivity index (χ3n) is 3.68. The third kappa shape index (κ3) is 6.43. The normalized spacial score (nSPS) is 12.0. The molecule has 0 bridgehead atoms. The summed E-state index contributed by atoms with van der Waals surface area (Å²) in [5.74, 6) is -2.22. The zero-order valence-corrected chi connectivity index (χ0v) is 12.5. The van der Waals surface area contributed by atoms with Gasteiger partial charge in [0.2, 0.25) is 0 Å². The van der Waals surface area contributed by atoms with E-state index in [0.717, 1.165) is 24.8 Å². The van der Waals surface area contributed by atoms with Crippen LogP contribution in [0, 0.1) is 5.92 Å². The highest BCUT2D eigenvalue weighted by Gasteiger charge is 2.19. The van der Waals surface area contributed by atoms with E-state index in [1.165, 1.54) is 5.56 Å². The van der Waals surface area contributed by atoms with Gasteiger partial charge in [-0.25, -0.2) is 0 Å². The second-order valence-electron chi connectivity index (χ2n) is 5.40. The molecule has 0 spiro atoms. The first-order chi connectivity index (χ1) is 10.0. The lowest BCUT2D eigenvalue weighted by Crippen LogP contribution is -2.17. The highest BCUT2D eigenvalue weighted by atomic mass is 16.4. The van der Waals surface area contributed by atoms with Gasteiger partial charge in [-0.1, -0.05) is 37.6 Å². The molecule has 0 amide bonds. The molecule has 1 aromatic rings. The molecule has 1 aromatic carbocycles. The number of rotatable bonds is 10. The Morgan fingerprint density at radius 1 is 1.10 bits per heavy atom. The van der Waals surface area contributed by atoms with E-state index in [-0.39, 0.29) is 6.42 Å². The monoisotopic (exact) mass is 292 g/mol. The van der Waals surface area contributed by atoms with Crippen LogP contribution in [0.2, 0.25) is 0 Å². The quantitative estimate of drug-likeness (QED) is 0.692. The van der Waals surface area contributed by atoms with E-state index >= 15 is 0 Å². The van der Waals surface area contributed by atoms with Crippen molar-refractivity contribution in [3.63, 3.8) is 0 Å². The number of hydrogen-bond acceptors (Lipinski definition) is 2. The summed E-state index contributed by atoms with van der Waals surface area (Å²) in [5.41, 5.74) is 2.29. The third-order valence-corrected chi connectivity index (χ3v) is 3.68. The van der Waals surface area contributed by atoms with Crippen molar-refractivity contribution in [2.75, 3.05) is 0 Å². The standard InChI is InChI=1S/C17H24O4/c1-2-3-7-13-8-4-5-9-14(13)12-15(17(20)21)10-6-11-16(18)19/h4-5,8-9,15H,2-3,6-7,10-12H2,1H3,(H,18,19)(H,20,21). The van der Waals surface area contributed by atoms with Crippen LogP contribution < -0.4 is 0 Å². The zero-order chi connectivity index (χ0) is 15.7. The van der Waals surface area contributed by atoms with Crippen molar-refractivity contribution >= 4 is 11.9 Å². The van der Waals surface area contributed by atoms with Gasteiger partial charge in [0.05, 0.1) is 5.92 Å². The van der Waals surface area contributed by atoms with Gasteiger partial charge in [-0.05, 0) is 43.2 Å².